The van der Waals surface area contributed by atoms with Crippen LogP contribution in [0.3, 0.4) is 0 Å². The van der Waals surface area contributed by atoms with Crippen LogP contribution in [0.5, 0.6) is 0 Å². The first kappa shape index (κ1) is 25.7. The highest BCUT2D eigenvalue weighted by Gasteiger charge is 2.40. The highest BCUT2D eigenvalue weighted by atomic mass is 32.2. The van der Waals surface area contributed by atoms with Gasteiger partial charge in [-0.05, 0) is 56.9 Å². The minimum Gasteiger partial charge on any atom is -0.355 e. The molecule has 10 heteroatoms. The average molecular weight is 535 g/mol. The van der Waals surface area contributed by atoms with E-state index < -0.39 is 26.2 Å². The predicted molar refractivity (Wildman–Crippen MR) is 146 cm³/mol. The van der Waals surface area contributed by atoms with E-state index in [2.05, 4.69) is 10.6 Å². The van der Waals surface area contributed by atoms with Crippen LogP contribution in [0.4, 0.5) is 0 Å². The summed E-state index contributed by atoms with van der Waals surface area (Å²) >= 11 is 0. The van der Waals surface area contributed by atoms with Gasteiger partial charge in [-0.1, -0.05) is 35.9 Å². The van der Waals surface area contributed by atoms with Gasteiger partial charge in [-0.3, -0.25) is 14.4 Å². The molecular formula is C28H30N4O5S. The maximum absolute atomic E-state index is 13.8. The van der Waals surface area contributed by atoms with Crippen LogP contribution in [0.1, 0.15) is 59.4 Å². The minimum atomic E-state index is -3.81. The Kier molecular flexibility index (Phi) is 6.38. The van der Waals surface area contributed by atoms with Crippen LogP contribution in [0.25, 0.3) is 10.9 Å². The Bertz CT molecular complexity index is 1690. The number of amides is 2. The fourth-order valence-corrected chi connectivity index (χ4v) is 6.65. The molecule has 3 aromatic rings. The number of carbonyl (C=O) groups is 2. The summed E-state index contributed by atoms with van der Waals surface area (Å²) in [6.07, 6.45) is 10.6. The van der Waals surface area contributed by atoms with E-state index in [1.54, 1.807) is 43.3 Å². The first-order valence-electron chi connectivity index (χ1n) is 12.5. The van der Waals surface area contributed by atoms with Crippen molar-refractivity contribution in [3.63, 3.8) is 0 Å². The lowest BCUT2D eigenvalue weighted by Gasteiger charge is -2.29. The molecule has 1 atom stereocenters. The zero-order valence-electron chi connectivity index (χ0n) is 21.5. The summed E-state index contributed by atoms with van der Waals surface area (Å²) in [6, 6.07) is 8.41. The van der Waals surface area contributed by atoms with Gasteiger partial charge in [0.05, 0.1) is 17.6 Å². The van der Waals surface area contributed by atoms with Crippen molar-refractivity contribution in [2.75, 3.05) is 7.05 Å². The van der Waals surface area contributed by atoms with E-state index in [-0.39, 0.29) is 29.6 Å². The summed E-state index contributed by atoms with van der Waals surface area (Å²) in [6.45, 7) is 3.67. The lowest BCUT2D eigenvalue weighted by Crippen LogP contribution is -2.38. The Hall–Kier alpha value is -3.92. The van der Waals surface area contributed by atoms with Crippen LogP contribution in [-0.4, -0.2) is 46.6 Å². The minimum absolute atomic E-state index is 0.0494. The molecule has 2 N–H and O–H groups in total. The summed E-state index contributed by atoms with van der Waals surface area (Å²) in [5, 5.41) is 6.00. The summed E-state index contributed by atoms with van der Waals surface area (Å²) in [5.41, 5.74) is 1.69. The molecule has 5 rings (SSSR count). The maximum Gasteiger partial charge on any atom is 0.263 e. The van der Waals surface area contributed by atoms with Gasteiger partial charge in [0.2, 0.25) is 10.0 Å². The number of benzene rings is 1. The monoisotopic (exact) mass is 534 g/mol. The Labute approximate surface area is 220 Å². The summed E-state index contributed by atoms with van der Waals surface area (Å²) in [4.78, 5) is 38.4. The van der Waals surface area contributed by atoms with Gasteiger partial charge >= 0.3 is 0 Å². The average Bonchev–Trinajstić information content (AvgIpc) is 3.58. The van der Waals surface area contributed by atoms with Crippen molar-refractivity contribution in [3.8, 4) is 0 Å². The van der Waals surface area contributed by atoms with E-state index in [0.717, 1.165) is 18.4 Å². The third-order valence-corrected chi connectivity index (χ3v) is 9.46. The molecule has 2 heterocycles. The first-order chi connectivity index (χ1) is 18.0. The first-order valence-corrected chi connectivity index (χ1v) is 13.9. The summed E-state index contributed by atoms with van der Waals surface area (Å²) in [7, 11) is -2.38. The molecule has 0 spiro atoms. The number of hydrogen-bond donors (Lipinski definition) is 2. The number of hydrogen-bond acceptors (Lipinski definition) is 5. The standard InChI is InChI=1S/C28H30N4O5S/c1-18-6-5-12-28(2,15-18)38(36,37)32-13-11-22-19(7-4-8-24(22)32)16-31-17-20(25(33)30-21-9-10-21)14-23(27(31)35)26(34)29-3/h4-8,11-14,17,21H,9-10,15-16H2,1-3H3,(H,29,34)(H,30,33). The van der Waals surface area contributed by atoms with E-state index in [1.807, 2.05) is 13.0 Å². The predicted octanol–water partition coefficient (Wildman–Crippen LogP) is 2.95. The van der Waals surface area contributed by atoms with Gasteiger partial charge in [0.1, 0.15) is 10.3 Å². The van der Waals surface area contributed by atoms with Gasteiger partial charge in [0, 0.05) is 30.9 Å². The quantitative estimate of drug-likeness (QED) is 0.483. The van der Waals surface area contributed by atoms with Crippen LogP contribution in [0.2, 0.25) is 0 Å². The van der Waals surface area contributed by atoms with E-state index >= 15 is 0 Å². The van der Waals surface area contributed by atoms with E-state index in [0.29, 0.717) is 22.9 Å². The lowest BCUT2D eigenvalue weighted by molar-refractivity contribution is 0.0950. The fourth-order valence-electron chi connectivity index (χ4n) is 4.90. The van der Waals surface area contributed by atoms with Crippen LogP contribution in [0.15, 0.2) is 71.3 Å². The largest absolute Gasteiger partial charge is 0.355 e. The van der Waals surface area contributed by atoms with Crippen LogP contribution >= 0.6 is 0 Å². The smallest absolute Gasteiger partial charge is 0.263 e. The van der Waals surface area contributed by atoms with Gasteiger partial charge in [-0.2, -0.15) is 0 Å². The number of allylic oxidation sites excluding steroid dienone is 3. The van der Waals surface area contributed by atoms with Gasteiger partial charge in [-0.15, -0.1) is 0 Å². The molecule has 1 saturated carbocycles. The lowest BCUT2D eigenvalue weighted by atomic mass is 9.96. The number of aromatic nitrogens is 2. The van der Waals surface area contributed by atoms with Crippen molar-refractivity contribution in [1.82, 2.24) is 19.2 Å². The molecule has 9 nitrogen and oxygen atoms in total. The third kappa shape index (κ3) is 4.49. The van der Waals surface area contributed by atoms with Crippen molar-refractivity contribution in [2.24, 2.45) is 0 Å². The van der Waals surface area contributed by atoms with Crippen LogP contribution in [-0.2, 0) is 16.6 Å². The van der Waals surface area contributed by atoms with Crippen molar-refractivity contribution in [3.05, 3.63) is 93.6 Å². The molecule has 2 amide bonds. The van der Waals surface area contributed by atoms with Crippen LogP contribution in [0, 0.1) is 0 Å². The van der Waals surface area contributed by atoms with Gasteiger partial charge in [-0.25, -0.2) is 12.4 Å². The van der Waals surface area contributed by atoms with E-state index in [4.69, 9.17) is 0 Å². The molecule has 198 valence electrons. The molecule has 2 aliphatic carbocycles. The van der Waals surface area contributed by atoms with Crippen LogP contribution < -0.4 is 16.2 Å². The topological polar surface area (TPSA) is 119 Å². The van der Waals surface area contributed by atoms with Crippen molar-refractivity contribution < 1.29 is 18.0 Å². The zero-order chi connectivity index (χ0) is 27.2. The number of fused-ring (bicyclic) bond motifs is 1. The maximum atomic E-state index is 13.8. The Morgan fingerprint density at radius 3 is 2.61 bits per heavy atom. The Morgan fingerprint density at radius 1 is 1.16 bits per heavy atom. The second-order valence-electron chi connectivity index (χ2n) is 10.2. The Morgan fingerprint density at radius 2 is 1.92 bits per heavy atom. The molecule has 1 fully saturated rings. The molecule has 1 aromatic carbocycles. The van der Waals surface area contributed by atoms with Crippen molar-refractivity contribution >= 4 is 32.7 Å². The van der Waals surface area contributed by atoms with E-state index in [1.165, 1.54) is 34.0 Å². The Balaban J connectivity index is 1.56. The highest BCUT2D eigenvalue weighted by Crippen LogP contribution is 2.34. The second-order valence-corrected chi connectivity index (χ2v) is 12.5. The molecule has 0 bridgehead atoms. The zero-order valence-corrected chi connectivity index (χ0v) is 22.3. The van der Waals surface area contributed by atoms with Gasteiger partial charge < -0.3 is 15.2 Å². The second kappa shape index (κ2) is 9.43. The molecule has 2 aromatic heterocycles. The SMILES string of the molecule is CNC(=O)c1cc(C(=O)NC2CC2)cn(Cc2cccc3c2ccn3S(=O)(=O)C2(C)C=CC=C(C)C2)c1=O. The molecule has 2 aliphatic rings. The normalized spacial score (nSPS) is 19.3. The number of carbonyl (C=O) groups excluding carboxylic acids is 2. The van der Waals surface area contributed by atoms with Crippen molar-refractivity contribution in [1.29, 1.82) is 0 Å². The van der Waals surface area contributed by atoms with E-state index in [9.17, 15) is 22.8 Å². The number of pyridine rings is 1. The van der Waals surface area contributed by atoms with Gasteiger partial charge in [0.25, 0.3) is 17.4 Å². The molecule has 0 aliphatic heterocycles. The molecular weight excluding hydrogens is 504 g/mol. The summed E-state index contributed by atoms with van der Waals surface area (Å²) in [5.74, 6) is -0.932. The number of nitrogens with one attached hydrogen (secondary N) is 2. The summed E-state index contributed by atoms with van der Waals surface area (Å²) < 4.78 is 29.0. The number of rotatable bonds is 7. The fraction of sp³-hybridized carbons (Fsp3) is 0.321. The third-order valence-electron chi connectivity index (χ3n) is 7.17. The molecule has 38 heavy (non-hydrogen) atoms. The molecule has 1 unspecified atom stereocenters. The molecule has 0 radical (unpaired) electrons. The van der Waals surface area contributed by atoms with Gasteiger partial charge in [0.15, 0.2) is 0 Å². The van der Waals surface area contributed by atoms with Crippen molar-refractivity contribution in [2.45, 2.75) is 50.4 Å². The number of nitrogens with zero attached hydrogens (tertiary/aromatic N) is 2. The highest BCUT2D eigenvalue weighted by molar-refractivity contribution is 7.91. The molecule has 0 saturated heterocycles.